The molecule has 0 aliphatic carbocycles. The van der Waals surface area contributed by atoms with Crippen LogP contribution in [0.2, 0.25) is 0 Å². The van der Waals surface area contributed by atoms with Gasteiger partial charge in [0.2, 0.25) is 0 Å². The minimum atomic E-state index is 0.250. The zero-order valence-corrected chi connectivity index (χ0v) is 17.2. The van der Waals surface area contributed by atoms with Crippen LogP contribution >= 0.6 is 11.3 Å². The van der Waals surface area contributed by atoms with Gasteiger partial charge in [-0.3, -0.25) is 9.89 Å². The molecule has 0 bridgehead atoms. The first-order valence-corrected chi connectivity index (χ1v) is 11.1. The Balaban J connectivity index is 1.96. The van der Waals surface area contributed by atoms with Crippen LogP contribution in [0, 0.1) is 5.92 Å². The Labute approximate surface area is 162 Å². The van der Waals surface area contributed by atoms with E-state index in [0.29, 0.717) is 12.0 Å². The minimum absolute atomic E-state index is 0.250. The predicted molar refractivity (Wildman–Crippen MR) is 112 cm³/mol. The fourth-order valence-electron chi connectivity index (χ4n) is 3.62. The fraction of sp³-hybridized carbons (Fsp3) is 0.750. The van der Waals surface area contributed by atoms with Crippen molar-refractivity contribution in [2.45, 2.75) is 52.0 Å². The van der Waals surface area contributed by atoms with Crippen molar-refractivity contribution in [2.24, 2.45) is 10.9 Å². The number of hydrogen-bond donors (Lipinski definition) is 3. The van der Waals surface area contributed by atoms with Gasteiger partial charge >= 0.3 is 0 Å². The van der Waals surface area contributed by atoms with E-state index in [-0.39, 0.29) is 6.61 Å². The average molecular weight is 381 g/mol. The van der Waals surface area contributed by atoms with Gasteiger partial charge in [-0.05, 0) is 63.1 Å². The molecule has 3 N–H and O–H groups in total. The molecule has 2 heterocycles. The number of guanidine groups is 1. The number of nitrogens with zero attached hydrogens (tertiary/aromatic N) is 2. The maximum atomic E-state index is 9.25. The average Bonchev–Trinajstić information content (AvgIpc) is 3.34. The van der Waals surface area contributed by atoms with Crippen molar-refractivity contribution in [1.82, 2.24) is 15.5 Å². The van der Waals surface area contributed by atoms with Crippen LogP contribution in [0.25, 0.3) is 0 Å². The largest absolute Gasteiger partial charge is 0.396 e. The maximum absolute atomic E-state index is 9.25. The van der Waals surface area contributed by atoms with Crippen molar-refractivity contribution in [1.29, 1.82) is 0 Å². The van der Waals surface area contributed by atoms with E-state index in [2.05, 4.69) is 46.9 Å². The lowest BCUT2D eigenvalue weighted by Gasteiger charge is -2.27. The summed E-state index contributed by atoms with van der Waals surface area (Å²) in [7, 11) is 0. The number of aliphatic imine (C=N–C) groups is 1. The first-order chi connectivity index (χ1) is 12.8. The van der Waals surface area contributed by atoms with Gasteiger partial charge < -0.3 is 15.7 Å². The lowest BCUT2D eigenvalue weighted by molar-refractivity contribution is 0.248. The molecule has 1 aromatic heterocycles. The third-order valence-corrected chi connectivity index (χ3v) is 5.98. The molecule has 1 aliphatic rings. The molecular formula is C20H36N4OS. The molecule has 148 valence electrons. The molecule has 0 spiro atoms. The van der Waals surface area contributed by atoms with E-state index >= 15 is 0 Å². The van der Waals surface area contributed by atoms with Crippen LogP contribution in [-0.4, -0.2) is 55.3 Å². The highest BCUT2D eigenvalue weighted by atomic mass is 32.1. The number of hydrogen-bond acceptors (Lipinski definition) is 4. The molecule has 0 saturated carbocycles. The standard InChI is InChI=1S/C20H36N4OS/c1-3-8-17(10-13-25)15-22-20(21-4-2)23-16-18(19-9-7-14-26-19)24-11-5-6-12-24/h7,9,14,17-18,25H,3-6,8,10-13,15-16H2,1-2H3,(H2,21,22,23). The minimum Gasteiger partial charge on any atom is -0.396 e. The molecule has 2 rings (SSSR count). The van der Waals surface area contributed by atoms with Crippen molar-refractivity contribution in [3.8, 4) is 0 Å². The van der Waals surface area contributed by atoms with E-state index in [1.165, 1.54) is 30.8 Å². The van der Waals surface area contributed by atoms with E-state index < -0.39 is 0 Å². The number of rotatable bonds is 11. The molecule has 5 nitrogen and oxygen atoms in total. The van der Waals surface area contributed by atoms with Gasteiger partial charge in [0.05, 0.1) is 6.04 Å². The molecule has 26 heavy (non-hydrogen) atoms. The van der Waals surface area contributed by atoms with E-state index in [9.17, 15) is 5.11 Å². The summed E-state index contributed by atoms with van der Waals surface area (Å²) in [5, 5.41) is 18.4. The van der Waals surface area contributed by atoms with Gasteiger partial charge in [0.25, 0.3) is 0 Å². The van der Waals surface area contributed by atoms with Crippen LogP contribution in [-0.2, 0) is 0 Å². The van der Waals surface area contributed by atoms with Crippen molar-refractivity contribution < 1.29 is 5.11 Å². The van der Waals surface area contributed by atoms with Gasteiger partial charge in [0.15, 0.2) is 5.96 Å². The number of aliphatic hydroxyl groups is 1. The molecule has 0 radical (unpaired) electrons. The fourth-order valence-corrected chi connectivity index (χ4v) is 4.48. The summed E-state index contributed by atoms with van der Waals surface area (Å²) >= 11 is 1.84. The Kier molecular flexibility index (Phi) is 10.0. The first kappa shape index (κ1) is 21.2. The van der Waals surface area contributed by atoms with E-state index in [1.807, 2.05) is 11.3 Å². The zero-order valence-electron chi connectivity index (χ0n) is 16.4. The zero-order chi connectivity index (χ0) is 18.6. The van der Waals surface area contributed by atoms with Gasteiger partial charge in [0.1, 0.15) is 0 Å². The second kappa shape index (κ2) is 12.3. The number of aliphatic hydroxyl groups excluding tert-OH is 1. The van der Waals surface area contributed by atoms with Crippen LogP contribution in [0.15, 0.2) is 22.5 Å². The van der Waals surface area contributed by atoms with Crippen LogP contribution < -0.4 is 10.6 Å². The van der Waals surface area contributed by atoms with E-state index in [0.717, 1.165) is 44.9 Å². The topological polar surface area (TPSA) is 59.9 Å². The third kappa shape index (κ3) is 6.89. The van der Waals surface area contributed by atoms with Gasteiger partial charge in [-0.15, -0.1) is 11.3 Å². The summed E-state index contributed by atoms with van der Waals surface area (Å²) < 4.78 is 0. The highest BCUT2D eigenvalue weighted by molar-refractivity contribution is 7.10. The number of likely N-dealkylation sites (tertiary alicyclic amines) is 1. The van der Waals surface area contributed by atoms with Crippen LogP contribution in [0.3, 0.4) is 0 Å². The molecule has 0 aromatic carbocycles. The summed E-state index contributed by atoms with van der Waals surface area (Å²) in [6.07, 6.45) is 5.70. The van der Waals surface area contributed by atoms with Gasteiger partial charge in [0, 0.05) is 31.1 Å². The molecule has 1 saturated heterocycles. The van der Waals surface area contributed by atoms with Crippen molar-refractivity contribution >= 4 is 17.3 Å². The maximum Gasteiger partial charge on any atom is 0.191 e. The molecular weight excluding hydrogens is 344 g/mol. The van der Waals surface area contributed by atoms with Crippen LogP contribution in [0.5, 0.6) is 0 Å². The predicted octanol–water partition coefficient (Wildman–Crippen LogP) is 3.24. The van der Waals surface area contributed by atoms with E-state index in [4.69, 9.17) is 4.99 Å². The Hall–Kier alpha value is -1.11. The molecule has 2 unspecified atom stereocenters. The normalized spacial score (nSPS) is 18.0. The summed E-state index contributed by atoms with van der Waals surface area (Å²) in [5.41, 5.74) is 0. The Morgan fingerprint density at radius 3 is 2.69 bits per heavy atom. The first-order valence-electron chi connectivity index (χ1n) is 10.2. The Bertz CT molecular complexity index is 494. The molecule has 6 heteroatoms. The number of thiophene rings is 1. The van der Waals surface area contributed by atoms with Crippen molar-refractivity contribution in [2.75, 3.05) is 39.3 Å². The molecule has 2 atom stereocenters. The second-order valence-corrected chi connectivity index (χ2v) is 8.02. The quantitative estimate of drug-likeness (QED) is 0.407. The number of nitrogens with one attached hydrogen (secondary N) is 2. The van der Waals surface area contributed by atoms with E-state index in [1.54, 1.807) is 0 Å². The van der Waals surface area contributed by atoms with Crippen molar-refractivity contribution in [3.63, 3.8) is 0 Å². The third-order valence-electron chi connectivity index (χ3n) is 5.00. The lowest BCUT2D eigenvalue weighted by atomic mass is 10.0. The molecule has 1 fully saturated rings. The highest BCUT2D eigenvalue weighted by Crippen LogP contribution is 2.27. The summed E-state index contributed by atoms with van der Waals surface area (Å²) in [6, 6.07) is 4.81. The monoisotopic (exact) mass is 380 g/mol. The van der Waals surface area contributed by atoms with Crippen LogP contribution in [0.1, 0.15) is 56.9 Å². The van der Waals surface area contributed by atoms with Gasteiger partial charge in [-0.25, -0.2) is 0 Å². The Morgan fingerprint density at radius 2 is 2.08 bits per heavy atom. The molecule has 0 amide bonds. The lowest BCUT2D eigenvalue weighted by Crippen LogP contribution is -2.42. The molecule has 1 aliphatic heterocycles. The highest BCUT2D eigenvalue weighted by Gasteiger charge is 2.24. The van der Waals surface area contributed by atoms with Gasteiger partial charge in [-0.2, -0.15) is 0 Å². The summed E-state index contributed by atoms with van der Waals surface area (Å²) in [6.45, 7) is 9.43. The summed E-state index contributed by atoms with van der Waals surface area (Å²) in [4.78, 5) is 8.82. The summed E-state index contributed by atoms with van der Waals surface area (Å²) in [5.74, 6) is 1.36. The van der Waals surface area contributed by atoms with Gasteiger partial charge in [-0.1, -0.05) is 19.4 Å². The SMILES string of the molecule is CCCC(CCO)CN=C(NCC)NCC(c1cccs1)N1CCCC1. The Morgan fingerprint density at radius 1 is 1.27 bits per heavy atom. The van der Waals surface area contributed by atoms with Crippen molar-refractivity contribution in [3.05, 3.63) is 22.4 Å². The second-order valence-electron chi connectivity index (χ2n) is 7.04. The van der Waals surface area contributed by atoms with Crippen LogP contribution in [0.4, 0.5) is 0 Å². The molecule has 1 aromatic rings. The smallest absolute Gasteiger partial charge is 0.191 e.